The lowest BCUT2D eigenvalue weighted by Gasteiger charge is -2.11. The summed E-state index contributed by atoms with van der Waals surface area (Å²) >= 11 is 5.81. The third-order valence-electron chi connectivity index (χ3n) is 3.60. The molecule has 0 saturated carbocycles. The molecule has 0 unspecified atom stereocenters. The van der Waals surface area contributed by atoms with Gasteiger partial charge in [-0.25, -0.2) is 0 Å². The van der Waals surface area contributed by atoms with E-state index in [1.165, 1.54) is 6.20 Å². The summed E-state index contributed by atoms with van der Waals surface area (Å²) in [7, 11) is 1.76. The minimum absolute atomic E-state index is 0.0350. The van der Waals surface area contributed by atoms with Crippen LogP contribution in [0.25, 0.3) is 10.9 Å². The minimum Gasteiger partial charge on any atom is -0.398 e. The van der Waals surface area contributed by atoms with Crippen molar-refractivity contribution in [2.45, 2.75) is 0 Å². The van der Waals surface area contributed by atoms with E-state index < -0.39 is 5.91 Å². The molecule has 0 bridgehead atoms. The van der Waals surface area contributed by atoms with Gasteiger partial charge in [-0.05, 0) is 36.4 Å². The lowest BCUT2D eigenvalue weighted by Crippen LogP contribution is -2.24. The standard InChI is InChI=1S/C17H14ClN3O2/c1-21-9-12(16(22)15-13(19)3-2-4-14(15)21)17(23)20-11-7-5-10(18)6-8-11/h2-9H,19H2,1H3,(H,20,23). The van der Waals surface area contributed by atoms with Crippen molar-refractivity contribution in [1.82, 2.24) is 4.57 Å². The normalized spacial score (nSPS) is 10.7. The van der Waals surface area contributed by atoms with Crippen LogP contribution in [-0.4, -0.2) is 10.5 Å². The molecule has 0 atom stereocenters. The van der Waals surface area contributed by atoms with Gasteiger partial charge in [-0.1, -0.05) is 17.7 Å². The monoisotopic (exact) mass is 327 g/mol. The Kier molecular flexibility index (Phi) is 3.80. The molecule has 3 N–H and O–H groups in total. The number of rotatable bonds is 2. The van der Waals surface area contributed by atoms with Gasteiger partial charge in [0.2, 0.25) is 5.43 Å². The molecule has 0 fully saturated rings. The first-order valence-electron chi connectivity index (χ1n) is 6.92. The highest BCUT2D eigenvalue weighted by atomic mass is 35.5. The van der Waals surface area contributed by atoms with Crippen LogP contribution in [0.1, 0.15) is 10.4 Å². The Morgan fingerprint density at radius 2 is 1.87 bits per heavy atom. The molecular formula is C17H14ClN3O2. The number of hydrogen-bond donors (Lipinski definition) is 2. The highest BCUT2D eigenvalue weighted by Gasteiger charge is 2.16. The number of benzene rings is 2. The molecule has 3 aromatic rings. The zero-order valence-corrected chi connectivity index (χ0v) is 13.1. The first-order valence-corrected chi connectivity index (χ1v) is 7.30. The summed E-state index contributed by atoms with van der Waals surface area (Å²) in [6.07, 6.45) is 1.51. The maximum absolute atomic E-state index is 12.6. The van der Waals surface area contributed by atoms with Crippen molar-refractivity contribution >= 4 is 39.8 Å². The Morgan fingerprint density at radius 3 is 2.57 bits per heavy atom. The summed E-state index contributed by atoms with van der Waals surface area (Å²) < 4.78 is 1.71. The Balaban J connectivity index is 2.07. The smallest absolute Gasteiger partial charge is 0.261 e. The highest BCUT2D eigenvalue weighted by molar-refractivity contribution is 6.30. The van der Waals surface area contributed by atoms with Crippen LogP contribution in [0.3, 0.4) is 0 Å². The fourth-order valence-electron chi connectivity index (χ4n) is 2.45. The van der Waals surface area contributed by atoms with Crippen LogP contribution in [0, 0.1) is 0 Å². The van der Waals surface area contributed by atoms with Gasteiger partial charge in [0.25, 0.3) is 5.91 Å². The number of nitrogens with two attached hydrogens (primary N) is 1. The van der Waals surface area contributed by atoms with E-state index in [1.54, 1.807) is 54.1 Å². The predicted molar refractivity (Wildman–Crippen MR) is 93.0 cm³/mol. The molecular weight excluding hydrogens is 314 g/mol. The number of pyridine rings is 1. The van der Waals surface area contributed by atoms with Crippen LogP contribution >= 0.6 is 11.6 Å². The van der Waals surface area contributed by atoms with E-state index in [4.69, 9.17) is 17.3 Å². The second-order valence-electron chi connectivity index (χ2n) is 5.19. The predicted octanol–water partition coefficient (Wildman–Crippen LogP) is 3.03. The van der Waals surface area contributed by atoms with Crippen molar-refractivity contribution in [3.63, 3.8) is 0 Å². The Morgan fingerprint density at radius 1 is 1.17 bits per heavy atom. The summed E-state index contributed by atoms with van der Waals surface area (Å²) in [5, 5.41) is 3.60. The number of amides is 1. The quantitative estimate of drug-likeness (QED) is 0.710. The third kappa shape index (κ3) is 2.78. The van der Waals surface area contributed by atoms with E-state index in [0.29, 0.717) is 27.3 Å². The number of anilines is 2. The number of nitrogens with zero attached hydrogens (tertiary/aromatic N) is 1. The Hall–Kier alpha value is -2.79. The molecule has 2 aromatic carbocycles. The van der Waals surface area contributed by atoms with Gasteiger partial charge in [0, 0.05) is 29.6 Å². The van der Waals surface area contributed by atoms with Gasteiger partial charge in [-0.3, -0.25) is 9.59 Å². The molecule has 5 nitrogen and oxygen atoms in total. The lowest BCUT2D eigenvalue weighted by molar-refractivity contribution is 0.102. The van der Waals surface area contributed by atoms with E-state index in [9.17, 15) is 9.59 Å². The van der Waals surface area contributed by atoms with Crippen LogP contribution < -0.4 is 16.5 Å². The molecule has 23 heavy (non-hydrogen) atoms. The molecule has 3 rings (SSSR count). The van der Waals surface area contributed by atoms with Crippen LogP contribution in [0.2, 0.25) is 5.02 Å². The lowest BCUT2D eigenvalue weighted by atomic mass is 10.1. The minimum atomic E-state index is -0.488. The van der Waals surface area contributed by atoms with Crippen molar-refractivity contribution in [2.75, 3.05) is 11.1 Å². The molecule has 0 aliphatic heterocycles. The van der Waals surface area contributed by atoms with E-state index in [1.807, 2.05) is 0 Å². The molecule has 0 aliphatic carbocycles. The van der Waals surface area contributed by atoms with E-state index in [0.717, 1.165) is 0 Å². The van der Waals surface area contributed by atoms with Crippen molar-refractivity contribution in [1.29, 1.82) is 0 Å². The SMILES string of the molecule is Cn1cc(C(=O)Nc2ccc(Cl)cc2)c(=O)c2c(N)cccc21. The maximum atomic E-state index is 12.6. The van der Waals surface area contributed by atoms with Gasteiger partial charge in [-0.2, -0.15) is 0 Å². The molecule has 0 spiro atoms. The van der Waals surface area contributed by atoms with Crippen molar-refractivity contribution in [2.24, 2.45) is 7.05 Å². The molecule has 0 radical (unpaired) electrons. The number of hydrogen-bond acceptors (Lipinski definition) is 3. The zero-order chi connectivity index (χ0) is 16.6. The number of aryl methyl sites for hydroxylation is 1. The van der Waals surface area contributed by atoms with E-state index in [2.05, 4.69) is 5.32 Å². The number of nitrogen functional groups attached to an aromatic ring is 1. The first-order chi connectivity index (χ1) is 11.0. The summed E-state index contributed by atoms with van der Waals surface area (Å²) in [5.41, 5.74) is 7.14. The van der Waals surface area contributed by atoms with Crippen molar-refractivity contribution in [3.05, 3.63) is 69.5 Å². The van der Waals surface area contributed by atoms with Crippen LogP contribution in [-0.2, 0) is 7.05 Å². The van der Waals surface area contributed by atoms with Gasteiger partial charge in [0.05, 0.1) is 10.9 Å². The highest BCUT2D eigenvalue weighted by Crippen LogP contribution is 2.18. The molecule has 0 aliphatic rings. The van der Waals surface area contributed by atoms with Gasteiger partial charge < -0.3 is 15.6 Å². The first kappa shape index (κ1) is 15.1. The van der Waals surface area contributed by atoms with Gasteiger partial charge >= 0.3 is 0 Å². The van der Waals surface area contributed by atoms with Gasteiger partial charge in [0.1, 0.15) is 5.56 Å². The van der Waals surface area contributed by atoms with Crippen LogP contribution in [0.15, 0.2) is 53.5 Å². The number of carbonyl (C=O) groups is 1. The largest absolute Gasteiger partial charge is 0.398 e. The second-order valence-corrected chi connectivity index (χ2v) is 5.62. The fraction of sp³-hybridized carbons (Fsp3) is 0.0588. The van der Waals surface area contributed by atoms with E-state index >= 15 is 0 Å². The third-order valence-corrected chi connectivity index (χ3v) is 3.85. The molecule has 6 heteroatoms. The Bertz CT molecular complexity index is 962. The van der Waals surface area contributed by atoms with Crippen molar-refractivity contribution < 1.29 is 4.79 Å². The van der Waals surface area contributed by atoms with E-state index in [-0.39, 0.29) is 11.0 Å². The number of nitrogens with one attached hydrogen (secondary N) is 1. The molecule has 1 heterocycles. The van der Waals surface area contributed by atoms with Crippen LogP contribution in [0.4, 0.5) is 11.4 Å². The molecule has 116 valence electrons. The summed E-state index contributed by atoms with van der Waals surface area (Å²) in [5.74, 6) is -0.488. The average Bonchev–Trinajstić information content (AvgIpc) is 2.53. The topological polar surface area (TPSA) is 77.1 Å². The van der Waals surface area contributed by atoms with Gasteiger partial charge in [-0.15, -0.1) is 0 Å². The maximum Gasteiger partial charge on any atom is 0.261 e. The number of fused-ring (bicyclic) bond motifs is 1. The second kappa shape index (κ2) is 5.78. The van der Waals surface area contributed by atoms with Crippen molar-refractivity contribution in [3.8, 4) is 0 Å². The summed E-state index contributed by atoms with van der Waals surface area (Å²) in [6, 6.07) is 11.9. The molecule has 0 saturated heterocycles. The summed E-state index contributed by atoms with van der Waals surface area (Å²) in [6.45, 7) is 0. The number of halogens is 1. The number of aromatic nitrogens is 1. The molecule has 1 amide bonds. The Labute approximate surface area is 137 Å². The fourth-order valence-corrected chi connectivity index (χ4v) is 2.57. The summed E-state index contributed by atoms with van der Waals surface area (Å²) in [4.78, 5) is 25.0. The zero-order valence-electron chi connectivity index (χ0n) is 12.3. The average molecular weight is 328 g/mol. The van der Waals surface area contributed by atoms with Gasteiger partial charge in [0.15, 0.2) is 0 Å². The van der Waals surface area contributed by atoms with Crippen LogP contribution in [0.5, 0.6) is 0 Å². The number of carbonyl (C=O) groups excluding carboxylic acids is 1. The molecule has 1 aromatic heterocycles.